The summed E-state index contributed by atoms with van der Waals surface area (Å²) in [5.41, 5.74) is 2.18. The second-order valence-electron chi connectivity index (χ2n) is 6.06. The van der Waals surface area contributed by atoms with E-state index in [1.807, 2.05) is 11.0 Å². The minimum absolute atomic E-state index is 0.0317. The quantitative estimate of drug-likeness (QED) is 0.783. The van der Waals surface area contributed by atoms with Gasteiger partial charge in [0.05, 0.1) is 5.02 Å². The maximum absolute atomic E-state index is 12.2. The second-order valence-corrected chi connectivity index (χ2v) is 6.50. The van der Waals surface area contributed by atoms with Gasteiger partial charge >= 0.3 is 0 Å². The molecular formula is C14H19ClN2O. The van der Waals surface area contributed by atoms with Crippen molar-refractivity contribution in [1.29, 1.82) is 0 Å². The molecule has 1 aromatic heterocycles. The molecule has 0 aliphatic carbocycles. The number of carbonyl (C=O) groups is 1. The van der Waals surface area contributed by atoms with Crippen LogP contribution in [0.25, 0.3) is 0 Å². The summed E-state index contributed by atoms with van der Waals surface area (Å²) >= 11 is 5.94. The van der Waals surface area contributed by atoms with Crippen molar-refractivity contribution < 1.29 is 4.79 Å². The van der Waals surface area contributed by atoms with Crippen LogP contribution in [-0.4, -0.2) is 22.3 Å². The average molecular weight is 267 g/mol. The second kappa shape index (κ2) is 4.88. The van der Waals surface area contributed by atoms with Crippen molar-refractivity contribution in [2.24, 2.45) is 5.41 Å². The lowest BCUT2D eigenvalue weighted by Crippen LogP contribution is -2.38. The Hall–Kier alpha value is -1.09. The van der Waals surface area contributed by atoms with Crippen molar-refractivity contribution >= 4 is 17.5 Å². The molecule has 1 amide bonds. The number of hydrogen-bond donors (Lipinski definition) is 0. The number of rotatable bonds is 1. The number of hydrogen-bond acceptors (Lipinski definition) is 2. The number of aromatic nitrogens is 1. The maximum Gasteiger partial charge on any atom is 0.223 e. The van der Waals surface area contributed by atoms with Gasteiger partial charge in [-0.05, 0) is 17.0 Å². The van der Waals surface area contributed by atoms with E-state index in [1.165, 1.54) is 0 Å². The van der Waals surface area contributed by atoms with Crippen LogP contribution in [0, 0.1) is 5.41 Å². The summed E-state index contributed by atoms with van der Waals surface area (Å²) in [6.07, 6.45) is 3.08. The number of halogens is 1. The molecule has 2 heterocycles. The van der Waals surface area contributed by atoms with E-state index in [-0.39, 0.29) is 11.3 Å². The molecule has 0 saturated heterocycles. The largest absolute Gasteiger partial charge is 0.338 e. The molecule has 4 heteroatoms. The summed E-state index contributed by atoms with van der Waals surface area (Å²) in [6.45, 7) is 7.65. The molecule has 1 aliphatic rings. The topological polar surface area (TPSA) is 33.2 Å². The van der Waals surface area contributed by atoms with Gasteiger partial charge in [0.2, 0.25) is 5.91 Å². The predicted octanol–water partition coefficient (Wildman–Crippen LogP) is 3.06. The molecule has 18 heavy (non-hydrogen) atoms. The molecule has 0 atom stereocenters. The minimum Gasteiger partial charge on any atom is -0.338 e. The molecule has 1 aromatic rings. The van der Waals surface area contributed by atoms with Gasteiger partial charge in [0.15, 0.2) is 0 Å². The van der Waals surface area contributed by atoms with E-state index in [0.29, 0.717) is 18.0 Å². The van der Waals surface area contributed by atoms with Crippen LogP contribution < -0.4 is 0 Å². The normalized spacial score (nSPS) is 15.4. The van der Waals surface area contributed by atoms with Crippen LogP contribution in [-0.2, 0) is 17.8 Å². The van der Waals surface area contributed by atoms with Gasteiger partial charge < -0.3 is 4.90 Å². The summed E-state index contributed by atoms with van der Waals surface area (Å²) in [5, 5.41) is 0.638. The van der Waals surface area contributed by atoms with E-state index < -0.39 is 0 Å². The maximum atomic E-state index is 12.2. The van der Waals surface area contributed by atoms with Crippen molar-refractivity contribution in [2.75, 3.05) is 6.54 Å². The summed E-state index contributed by atoms with van der Waals surface area (Å²) in [6, 6.07) is 1.92. The molecular weight excluding hydrogens is 248 g/mol. The Morgan fingerprint density at radius 2 is 2.22 bits per heavy atom. The Labute approximate surface area is 113 Å². The third-order valence-corrected chi connectivity index (χ3v) is 3.25. The third kappa shape index (κ3) is 3.22. The lowest BCUT2D eigenvalue weighted by Gasteiger charge is -2.30. The van der Waals surface area contributed by atoms with Gasteiger partial charge in [-0.25, -0.2) is 0 Å². The van der Waals surface area contributed by atoms with Crippen LogP contribution in [0.4, 0.5) is 0 Å². The Bertz CT molecular complexity index is 465. The molecule has 0 aromatic carbocycles. The van der Waals surface area contributed by atoms with Crippen LogP contribution in [0.15, 0.2) is 12.3 Å². The van der Waals surface area contributed by atoms with Crippen molar-refractivity contribution in [1.82, 2.24) is 9.88 Å². The van der Waals surface area contributed by atoms with Gasteiger partial charge in [0.25, 0.3) is 0 Å². The van der Waals surface area contributed by atoms with Gasteiger partial charge in [-0.2, -0.15) is 0 Å². The van der Waals surface area contributed by atoms with Crippen molar-refractivity contribution in [2.45, 2.75) is 40.2 Å². The van der Waals surface area contributed by atoms with E-state index in [4.69, 9.17) is 11.6 Å². The number of pyridine rings is 1. The fourth-order valence-electron chi connectivity index (χ4n) is 2.18. The van der Waals surface area contributed by atoms with Crippen LogP contribution in [0.2, 0.25) is 5.02 Å². The van der Waals surface area contributed by atoms with Crippen LogP contribution >= 0.6 is 11.6 Å². The zero-order valence-corrected chi connectivity index (χ0v) is 11.9. The zero-order valence-electron chi connectivity index (χ0n) is 11.2. The molecule has 0 bridgehead atoms. The molecule has 2 rings (SSSR count). The lowest BCUT2D eigenvalue weighted by atomic mass is 9.91. The molecule has 0 N–H and O–H groups in total. The van der Waals surface area contributed by atoms with Crippen LogP contribution in [0.1, 0.15) is 38.4 Å². The summed E-state index contributed by atoms with van der Waals surface area (Å²) < 4.78 is 0. The van der Waals surface area contributed by atoms with Crippen molar-refractivity contribution in [3.05, 3.63) is 28.5 Å². The Morgan fingerprint density at radius 3 is 2.89 bits per heavy atom. The Kier molecular flexibility index (Phi) is 3.62. The molecule has 3 nitrogen and oxygen atoms in total. The molecule has 0 saturated carbocycles. The number of amides is 1. The van der Waals surface area contributed by atoms with Crippen molar-refractivity contribution in [3.63, 3.8) is 0 Å². The average Bonchev–Trinajstić information content (AvgIpc) is 2.25. The van der Waals surface area contributed by atoms with Crippen molar-refractivity contribution in [3.8, 4) is 0 Å². The SMILES string of the molecule is CC(C)(C)CC(=O)N1CCc2ncc(Cl)cc2C1. The first kappa shape index (κ1) is 13.3. The highest BCUT2D eigenvalue weighted by Gasteiger charge is 2.25. The van der Waals surface area contributed by atoms with E-state index >= 15 is 0 Å². The van der Waals surface area contributed by atoms with Crippen LogP contribution in [0.5, 0.6) is 0 Å². The highest BCUT2D eigenvalue weighted by atomic mass is 35.5. The molecule has 1 aliphatic heterocycles. The van der Waals surface area contributed by atoms with Gasteiger partial charge in [-0.1, -0.05) is 32.4 Å². The van der Waals surface area contributed by atoms with E-state index in [0.717, 1.165) is 24.2 Å². The first-order chi connectivity index (χ1) is 8.35. The fourth-order valence-corrected chi connectivity index (χ4v) is 2.36. The minimum atomic E-state index is 0.0317. The highest BCUT2D eigenvalue weighted by molar-refractivity contribution is 6.30. The van der Waals surface area contributed by atoms with Gasteiger partial charge in [0, 0.05) is 37.8 Å². The molecule has 0 unspecified atom stereocenters. The molecule has 0 fully saturated rings. The Morgan fingerprint density at radius 1 is 1.50 bits per heavy atom. The summed E-state index contributed by atoms with van der Waals surface area (Å²) in [7, 11) is 0. The monoisotopic (exact) mass is 266 g/mol. The standard InChI is InChI=1S/C14H19ClN2O/c1-14(2,3)7-13(18)17-5-4-12-10(9-17)6-11(15)8-16-12/h6,8H,4-5,7,9H2,1-3H3. The highest BCUT2D eigenvalue weighted by Crippen LogP contribution is 2.24. The number of fused-ring (bicyclic) bond motifs is 1. The summed E-state index contributed by atoms with van der Waals surface area (Å²) in [4.78, 5) is 18.4. The zero-order chi connectivity index (χ0) is 13.3. The molecule has 98 valence electrons. The number of nitrogens with zero attached hydrogens (tertiary/aromatic N) is 2. The fraction of sp³-hybridized carbons (Fsp3) is 0.571. The van der Waals surface area contributed by atoms with Crippen LogP contribution in [0.3, 0.4) is 0 Å². The Balaban J connectivity index is 2.09. The van der Waals surface area contributed by atoms with Gasteiger partial charge in [-0.3, -0.25) is 9.78 Å². The predicted molar refractivity (Wildman–Crippen MR) is 72.4 cm³/mol. The van der Waals surface area contributed by atoms with E-state index in [9.17, 15) is 4.79 Å². The van der Waals surface area contributed by atoms with Gasteiger partial charge in [0.1, 0.15) is 0 Å². The molecule has 0 radical (unpaired) electrons. The molecule has 0 spiro atoms. The smallest absolute Gasteiger partial charge is 0.223 e. The van der Waals surface area contributed by atoms with E-state index in [1.54, 1.807) is 6.20 Å². The van der Waals surface area contributed by atoms with Gasteiger partial charge in [-0.15, -0.1) is 0 Å². The first-order valence-electron chi connectivity index (χ1n) is 6.26. The lowest BCUT2D eigenvalue weighted by molar-refractivity contribution is -0.134. The third-order valence-electron chi connectivity index (χ3n) is 3.04. The first-order valence-corrected chi connectivity index (χ1v) is 6.64. The summed E-state index contributed by atoms with van der Waals surface area (Å²) in [5.74, 6) is 0.216. The number of carbonyl (C=O) groups excluding carboxylic acids is 1. The van der Waals surface area contributed by atoms with E-state index in [2.05, 4.69) is 25.8 Å².